The molecule has 1 atom stereocenters. The first kappa shape index (κ1) is 14.3. The van der Waals surface area contributed by atoms with Crippen LogP contribution in [0.4, 0.5) is 9.80 Å². The Morgan fingerprint density at radius 1 is 1.40 bits per heavy atom. The first-order valence-corrected chi connectivity index (χ1v) is 6.97. The third kappa shape index (κ3) is 3.27. The summed E-state index contributed by atoms with van der Waals surface area (Å²) in [5.74, 6) is -1.55. The first-order chi connectivity index (χ1) is 9.47. The van der Waals surface area contributed by atoms with Crippen molar-refractivity contribution in [3.8, 4) is 0 Å². The van der Waals surface area contributed by atoms with Crippen LogP contribution in [0, 0.1) is 5.92 Å². The van der Waals surface area contributed by atoms with Crippen molar-refractivity contribution < 1.29 is 19.5 Å². The van der Waals surface area contributed by atoms with Crippen molar-refractivity contribution in [1.82, 2.24) is 4.90 Å². The molecule has 0 aliphatic carbocycles. The van der Waals surface area contributed by atoms with Crippen molar-refractivity contribution in [2.45, 2.75) is 12.8 Å². The smallest absolute Gasteiger partial charge is 0.345 e. The van der Waals surface area contributed by atoms with Gasteiger partial charge in [0.05, 0.1) is 10.9 Å². The molecule has 2 rings (SSSR count). The molecule has 1 aliphatic heterocycles. The van der Waals surface area contributed by atoms with Gasteiger partial charge in [-0.15, -0.1) is 11.3 Å². The first-order valence-electron chi connectivity index (χ1n) is 6.15. The summed E-state index contributed by atoms with van der Waals surface area (Å²) in [5.41, 5.74) is 5.21. The molecule has 1 aromatic heterocycles. The molecule has 1 unspecified atom stereocenters. The van der Waals surface area contributed by atoms with Gasteiger partial charge in [0.15, 0.2) is 0 Å². The van der Waals surface area contributed by atoms with Crippen LogP contribution in [0.15, 0.2) is 12.1 Å². The SMILES string of the molecule is NC(=O)N1CCCC(C(=O)Nc2ccc(C(=O)O)s2)C1. The zero-order chi connectivity index (χ0) is 14.7. The standard InChI is InChI=1S/C12H15N3O4S/c13-12(19)15-5-1-2-7(6-15)10(16)14-9-4-3-8(20-9)11(17)18/h3-4,7H,1-2,5-6H2,(H2,13,19)(H,14,16)(H,17,18). The topological polar surface area (TPSA) is 113 Å². The number of hydrogen-bond acceptors (Lipinski definition) is 4. The number of primary amides is 1. The summed E-state index contributed by atoms with van der Waals surface area (Å²) in [5, 5.41) is 12.0. The van der Waals surface area contributed by atoms with Gasteiger partial charge in [-0.2, -0.15) is 0 Å². The van der Waals surface area contributed by atoms with Crippen LogP contribution < -0.4 is 11.1 Å². The third-order valence-corrected chi connectivity index (χ3v) is 4.16. The summed E-state index contributed by atoms with van der Waals surface area (Å²) in [7, 11) is 0. The maximum atomic E-state index is 12.1. The number of aromatic carboxylic acids is 1. The highest BCUT2D eigenvalue weighted by molar-refractivity contribution is 7.18. The van der Waals surface area contributed by atoms with Crippen LogP contribution in [0.1, 0.15) is 22.5 Å². The lowest BCUT2D eigenvalue weighted by Crippen LogP contribution is -2.45. The third-order valence-electron chi connectivity index (χ3n) is 3.17. The Hall–Kier alpha value is -2.09. The normalized spacial score (nSPS) is 18.6. The number of nitrogens with one attached hydrogen (secondary N) is 1. The Morgan fingerprint density at radius 2 is 2.15 bits per heavy atom. The Bertz CT molecular complexity index is 543. The summed E-state index contributed by atoms with van der Waals surface area (Å²) in [6.45, 7) is 0.875. The van der Waals surface area contributed by atoms with Gasteiger partial charge in [-0.25, -0.2) is 9.59 Å². The fourth-order valence-electron chi connectivity index (χ4n) is 2.13. The molecular formula is C12H15N3O4S. The van der Waals surface area contributed by atoms with E-state index in [9.17, 15) is 14.4 Å². The molecule has 3 amide bonds. The van der Waals surface area contributed by atoms with E-state index in [-0.39, 0.29) is 16.7 Å². The Kier molecular flexibility index (Phi) is 4.23. The molecule has 7 nitrogen and oxygen atoms in total. The molecule has 4 N–H and O–H groups in total. The van der Waals surface area contributed by atoms with Crippen LogP contribution in [0.3, 0.4) is 0 Å². The fraction of sp³-hybridized carbons (Fsp3) is 0.417. The Labute approximate surface area is 119 Å². The van der Waals surface area contributed by atoms with Gasteiger partial charge in [-0.3, -0.25) is 4.79 Å². The fourth-order valence-corrected chi connectivity index (χ4v) is 2.88. The van der Waals surface area contributed by atoms with Gasteiger partial charge in [0.1, 0.15) is 4.88 Å². The largest absolute Gasteiger partial charge is 0.477 e. The van der Waals surface area contributed by atoms with Crippen LogP contribution >= 0.6 is 11.3 Å². The minimum absolute atomic E-state index is 0.169. The van der Waals surface area contributed by atoms with Crippen molar-refractivity contribution in [2.24, 2.45) is 11.7 Å². The number of likely N-dealkylation sites (tertiary alicyclic amines) is 1. The second-order valence-corrected chi connectivity index (χ2v) is 5.67. The van der Waals surface area contributed by atoms with Gasteiger partial charge in [0.2, 0.25) is 5.91 Å². The van der Waals surface area contributed by atoms with E-state index in [0.717, 1.165) is 17.8 Å². The maximum Gasteiger partial charge on any atom is 0.345 e. The quantitative estimate of drug-likeness (QED) is 0.777. The van der Waals surface area contributed by atoms with E-state index in [1.54, 1.807) is 6.07 Å². The van der Waals surface area contributed by atoms with Crippen molar-refractivity contribution in [1.29, 1.82) is 0 Å². The van der Waals surface area contributed by atoms with Crippen molar-refractivity contribution >= 4 is 34.2 Å². The highest BCUT2D eigenvalue weighted by Gasteiger charge is 2.27. The average molecular weight is 297 g/mol. The van der Waals surface area contributed by atoms with Gasteiger partial charge >= 0.3 is 12.0 Å². The number of amides is 3. The number of carbonyl (C=O) groups is 3. The molecular weight excluding hydrogens is 282 g/mol. The second kappa shape index (κ2) is 5.91. The molecule has 1 aliphatic rings. The number of carboxylic acids is 1. The zero-order valence-corrected chi connectivity index (χ0v) is 11.5. The van der Waals surface area contributed by atoms with E-state index in [1.807, 2.05) is 0 Å². The van der Waals surface area contributed by atoms with Crippen LogP contribution in [0.25, 0.3) is 0 Å². The summed E-state index contributed by atoms with van der Waals surface area (Å²) in [6, 6.07) is 2.48. The number of hydrogen-bond donors (Lipinski definition) is 3. The number of piperidine rings is 1. The molecule has 2 heterocycles. The van der Waals surface area contributed by atoms with E-state index in [2.05, 4.69) is 5.32 Å². The molecule has 0 saturated carbocycles. The number of nitrogens with two attached hydrogens (primary N) is 1. The number of anilines is 1. The van der Waals surface area contributed by atoms with E-state index in [0.29, 0.717) is 24.5 Å². The number of urea groups is 1. The summed E-state index contributed by atoms with van der Waals surface area (Å²) in [6.07, 6.45) is 1.42. The minimum atomic E-state index is -1.02. The number of carboxylic acid groups (broad SMARTS) is 1. The van der Waals surface area contributed by atoms with Gasteiger partial charge in [-0.05, 0) is 25.0 Å². The molecule has 0 spiro atoms. The summed E-state index contributed by atoms with van der Waals surface area (Å²) >= 11 is 1.00. The Morgan fingerprint density at radius 3 is 2.75 bits per heavy atom. The number of carbonyl (C=O) groups excluding carboxylic acids is 2. The lowest BCUT2D eigenvalue weighted by atomic mass is 9.97. The number of thiophene rings is 1. The van der Waals surface area contributed by atoms with Crippen LogP contribution in [-0.2, 0) is 4.79 Å². The second-order valence-electron chi connectivity index (χ2n) is 4.58. The van der Waals surface area contributed by atoms with E-state index >= 15 is 0 Å². The van der Waals surface area contributed by atoms with Crippen LogP contribution in [0.5, 0.6) is 0 Å². The number of nitrogens with zero attached hydrogens (tertiary/aromatic N) is 1. The van der Waals surface area contributed by atoms with Crippen molar-refractivity contribution in [2.75, 3.05) is 18.4 Å². The molecule has 0 bridgehead atoms. The zero-order valence-electron chi connectivity index (χ0n) is 10.7. The van der Waals surface area contributed by atoms with E-state index < -0.39 is 12.0 Å². The molecule has 0 radical (unpaired) electrons. The van der Waals surface area contributed by atoms with Gasteiger partial charge < -0.3 is 21.1 Å². The van der Waals surface area contributed by atoms with Crippen LogP contribution in [-0.4, -0.2) is 41.0 Å². The minimum Gasteiger partial charge on any atom is -0.477 e. The molecule has 8 heteroatoms. The highest BCUT2D eigenvalue weighted by Crippen LogP contribution is 2.24. The average Bonchev–Trinajstić information content (AvgIpc) is 2.87. The van der Waals surface area contributed by atoms with Crippen molar-refractivity contribution in [3.63, 3.8) is 0 Å². The monoisotopic (exact) mass is 297 g/mol. The molecule has 20 heavy (non-hydrogen) atoms. The maximum absolute atomic E-state index is 12.1. The lowest BCUT2D eigenvalue weighted by molar-refractivity contribution is -0.121. The highest BCUT2D eigenvalue weighted by atomic mass is 32.1. The number of rotatable bonds is 3. The Balaban J connectivity index is 1.96. The summed E-state index contributed by atoms with van der Waals surface area (Å²) in [4.78, 5) is 35.6. The van der Waals surface area contributed by atoms with Crippen molar-refractivity contribution in [3.05, 3.63) is 17.0 Å². The van der Waals surface area contributed by atoms with Crippen LogP contribution in [0.2, 0.25) is 0 Å². The van der Waals surface area contributed by atoms with E-state index in [4.69, 9.17) is 10.8 Å². The molecule has 1 aromatic rings. The predicted octanol–water partition coefficient (Wildman–Crippen LogP) is 1.18. The lowest BCUT2D eigenvalue weighted by Gasteiger charge is -2.30. The predicted molar refractivity (Wildman–Crippen MR) is 73.8 cm³/mol. The molecule has 1 saturated heterocycles. The molecule has 108 valence electrons. The van der Waals surface area contributed by atoms with Gasteiger partial charge in [-0.1, -0.05) is 0 Å². The summed E-state index contributed by atoms with van der Waals surface area (Å²) < 4.78 is 0. The van der Waals surface area contributed by atoms with E-state index in [1.165, 1.54) is 11.0 Å². The molecule has 1 fully saturated rings. The molecule has 0 aromatic carbocycles. The van der Waals surface area contributed by atoms with Gasteiger partial charge in [0, 0.05) is 13.1 Å². The van der Waals surface area contributed by atoms with Gasteiger partial charge in [0.25, 0.3) is 0 Å².